The Hall–Kier alpha value is -0.610. The van der Waals surface area contributed by atoms with E-state index in [1.54, 1.807) is 0 Å². The van der Waals surface area contributed by atoms with Crippen LogP contribution in [0.25, 0.3) is 0 Å². The highest BCUT2D eigenvalue weighted by Crippen LogP contribution is 2.26. The quantitative estimate of drug-likeness (QED) is 0.741. The van der Waals surface area contributed by atoms with Crippen LogP contribution in [0.5, 0.6) is 0 Å². The van der Waals surface area contributed by atoms with Crippen molar-refractivity contribution in [1.82, 2.24) is 4.90 Å². The largest absolute Gasteiger partial charge is 0.371 e. The van der Waals surface area contributed by atoms with Gasteiger partial charge in [0, 0.05) is 13.1 Å². The number of likely N-dealkylation sites (tertiary alicyclic amines) is 1. The van der Waals surface area contributed by atoms with Crippen LogP contribution in [0, 0.1) is 0 Å². The predicted molar refractivity (Wildman–Crippen MR) is 57.4 cm³/mol. The summed E-state index contributed by atoms with van der Waals surface area (Å²) in [6, 6.07) is -0.313. The van der Waals surface area contributed by atoms with Crippen LogP contribution in [-0.2, 0) is 9.53 Å². The van der Waals surface area contributed by atoms with Gasteiger partial charge in [0.15, 0.2) is 0 Å². The first kappa shape index (κ1) is 10.9. The fourth-order valence-corrected chi connectivity index (χ4v) is 2.46. The van der Waals surface area contributed by atoms with Gasteiger partial charge in [0.2, 0.25) is 5.91 Å². The highest BCUT2D eigenvalue weighted by Gasteiger charge is 2.36. The van der Waals surface area contributed by atoms with Crippen LogP contribution in [0.2, 0.25) is 0 Å². The van der Waals surface area contributed by atoms with E-state index in [-0.39, 0.29) is 24.2 Å². The van der Waals surface area contributed by atoms with Crippen molar-refractivity contribution in [3.63, 3.8) is 0 Å². The van der Waals surface area contributed by atoms with Gasteiger partial charge in [0.1, 0.15) is 0 Å². The summed E-state index contributed by atoms with van der Waals surface area (Å²) in [7, 11) is 0. The fraction of sp³-hybridized carbons (Fsp3) is 0.909. The lowest BCUT2D eigenvalue weighted by atomic mass is 10.1. The first-order valence-electron chi connectivity index (χ1n) is 5.90. The molecule has 0 aromatic carbocycles. The molecule has 0 radical (unpaired) electrons. The SMILES string of the molecule is CCCC(N)C(=O)N1CC2CCC(C1)O2. The number of rotatable bonds is 3. The van der Waals surface area contributed by atoms with Gasteiger partial charge in [-0.05, 0) is 19.3 Å². The molecular weight excluding hydrogens is 192 g/mol. The lowest BCUT2D eigenvalue weighted by Gasteiger charge is -2.33. The second-order valence-corrected chi connectivity index (χ2v) is 4.60. The van der Waals surface area contributed by atoms with Gasteiger partial charge in [-0.25, -0.2) is 0 Å². The molecule has 1 amide bonds. The first-order valence-corrected chi connectivity index (χ1v) is 5.90. The molecule has 3 atom stereocenters. The molecule has 2 aliphatic heterocycles. The lowest BCUT2D eigenvalue weighted by Crippen LogP contribution is -2.51. The highest BCUT2D eigenvalue weighted by atomic mass is 16.5. The summed E-state index contributed by atoms with van der Waals surface area (Å²) in [5, 5.41) is 0. The number of fused-ring (bicyclic) bond motifs is 2. The molecule has 3 unspecified atom stereocenters. The average Bonchev–Trinajstić information content (AvgIpc) is 2.57. The zero-order valence-corrected chi connectivity index (χ0v) is 9.32. The number of hydrogen-bond acceptors (Lipinski definition) is 3. The Bertz CT molecular complexity index is 233. The summed E-state index contributed by atoms with van der Waals surface area (Å²) >= 11 is 0. The van der Waals surface area contributed by atoms with E-state index in [0.29, 0.717) is 0 Å². The zero-order chi connectivity index (χ0) is 10.8. The van der Waals surface area contributed by atoms with Gasteiger partial charge in [-0.1, -0.05) is 13.3 Å². The minimum atomic E-state index is -0.313. The second-order valence-electron chi connectivity index (χ2n) is 4.60. The summed E-state index contributed by atoms with van der Waals surface area (Å²) in [4.78, 5) is 13.8. The zero-order valence-electron chi connectivity index (χ0n) is 9.32. The molecule has 0 aromatic heterocycles. The number of amides is 1. The molecule has 4 heteroatoms. The third kappa shape index (κ3) is 2.32. The second kappa shape index (κ2) is 4.49. The smallest absolute Gasteiger partial charge is 0.239 e. The maximum absolute atomic E-state index is 12.0. The average molecular weight is 212 g/mol. The Kier molecular flexibility index (Phi) is 3.26. The van der Waals surface area contributed by atoms with Crippen LogP contribution in [0.3, 0.4) is 0 Å². The third-order valence-electron chi connectivity index (χ3n) is 3.27. The first-order chi connectivity index (χ1) is 7.20. The molecule has 2 saturated heterocycles. The van der Waals surface area contributed by atoms with Crippen molar-refractivity contribution in [2.45, 2.75) is 50.9 Å². The van der Waals surface area contributed by atoms with Gasteiger partial charge in [-0.2, -0.15) is 0 Å². The van der Waals surface area contributed by atoms with Gasteiger partial charge in [-0.15, -0.1) is 0 Å². The number of nitrogens with zero attached hydrogens (tertiary/aromatic N) is 1. The maximum Gasteiger partial charge on any atom is 0.239 e. The molecule has 2 heterocycles. The molecule has 0 aromatic rings. The molecule has 86 valence electrons. The Labute approximate surface area is 90.8 Å². The van der Waals surface area contributed by atoms with E-state index in [2.05, 4.69) is 6.92 Å². The van der Waals surface area contributed by atoms with Gasteiger partial charge in [-0.3, -0.25) is 4.79 Å². The summed E-state index contributed by atoms with van der Waals surface area (Å²) in [6.45, 7) is 3.54. The molecular formula is C11H20N2O2. The molecule has 2 N–H and O–H groups in total. The van der Waals surface area contributed by atoms with Crippen molar-refractivity contribution >= 4 is 5.91 Å². The number of carbonyl (C=O) groups is 1. The van der Waals surface area contributed by atoms with Crippen LogP contribution >= 0.6 is 0 Å². The van der Waals surface area contributed by atoms with Crippen molar-refractivity contribution in [3.8, 4) is 0 Å². The summed E-state index contributed by atoms with van der Waals surface area (Å²) in [5.74, 6) is 0.108. The van der Waals surface area contributed by atoms with Gasteiger partial charge in [0.25, 0.3) is 0 Å². The molecule has 2 aliphatic rings. The summed E-state index contributed by atoms with van der Waals surface area (Å²) in [6.07, 6.45) is 4.47. The molecule has 15 heavy (non-hydrogen) atoms. The van der Waals surface area contributed by atoms with Crippen LogP contribution in [0.15, 0.2) is 0 Å². The van der Waals surface area contributed by atoms with Crippen molar-refractivity contribution in [3.05, 3.63) is 0 Å². The van der Waals surface area contributed by atoms with Crippen molar-refractivity contribution in [1.29, 1.82) is 0 Å². The molecule has 2 bridgehead atoms. The van der Waals surface area contributed by atoms with E-state index in [4.69, 9.17) is 10.5 Å². The van der Waals surface area contributed by atoms with Crippen LogP contribution in [0.4, 0.5) is 0 Å². The topological polar surface area (TPSA) is 55.6 Å². The van der Waals surface area contributed by atoms with Crippen LogP contribution < -0.4 is 5.73 Å². The van der Waals surface area contributed by atoms with Gasteiger partial charge in [0.05, 0.1) is 18.2 Å². The molecule has 2 rings (SSSR count). The minimum absolute atomic E-state index is 0.108. The van der Waals surface area contributed by atoms with E-state index in [0.717, 1.165) is 38.8 Å². The molecule has 0 spiro atoms. The predicted octanol–water partition coefficient (Wildman–Crippen LogP) is 0.504. The third-order valence-corrected chi connectivity index (χ3v) is 3.27. The summed E-state index contributed by atoms with van der Waals surface area (Å²) < 4.78 is 5.68. The molecule has 2 fully saturated rings. The van der Waals surface area contributed by atoms with Crippen LogP contribution in [-0.4, -0.2) is 42.1 Å². The van der Waals surface area contributed by atoms with Gasteiger partial charge >= 0.3 is 0 Å². The fourth-order valence-electron chi connectivity index (χ4n) is 2.46. The van der Waals surface area contributed by atoms with Crippen molar-refractivity contribution in [2.75, 3.05) is 13.1 Å². The Morgan fingerprint density at radius 3 is 2.60 bits per heavy atom. The normalized spacial score (nSPS) is 31.7. The van der Waals surface area contributed by atoms with E-state index < -0.39 is 0 Å². The van der Waals surface area contributed by atoms with Gasteiger partial charge < -0.3 is 15.4 Å². The van der Waals surface area contributed by atoms with Crippen molar-refractivity contribution < 1.29 is 9.53 Å². The van der Waals surface area contributed by atoms with E-state index >= 15 is 0 Å². The molecule has 0 aliphatic carbocycles. The maximum atomic E-state index is 12.0. The minimum Gasteiger partial charge on any atom is -0.371 e. The van der Waals surface area contributed by atoms with Crippen molar-refractivity contribution in [2.24, 2.45) is 5.73 Å². The highest BCUT2D eigenvalue weighted by molar-refractivity contribution is 5.81. The van der Waals surface area contributed by atoms with E-state index in [1.165, 1.54) is 0 Å². The van der Waals surface area contributed by atoms with E-state index in [1.807, 2.05) is 4.90 Å². The Balaban J connectivity index is 1.90. The van der Waals surface area contributed by atoms with E-state index in [9.17, 15) is 4.79 Å². The lowest BCUT2D eigenvalue weighted by molar-refractivity contribution is -0.141. The number of hydrogen-bond donors (Lipinski definition) is 1. The van der Waals surface area contributed by atoms with Crippen LogP contribution in [0.1, 0.15) is 32.6 Å². The molecule has 4 nitrogen and oxygen atoms in total. The Morgan fingerprint density at radius 2 is 2.07 bits per heavy atom. The number of morpholine rings is 1. The number of ether oxygens (including phenoxy) is 1. The summed E-state index contributed by atoms with van der Waals surface area (Å²) in [5.41, 5.74) is 5.84. The standard InChI is InChI=1S/C11H20N2O2/c1-2-3-10(12)11(14)13-6-8-4-5-9(7-13)15-8/h8-10H,2-7,12H2,1H3. The monoisotopic (exact) mass is 212 g/mol. The number of nitrogens with two attached hydrogens (primary N) is 1. The molecule has 0 saturated carbocycles. The number of carbonyl (C=O) groups excluding carboxylic acids is 1. The Morgan fingerprint density at radius 1 is 1.47 bits per heavy atom.